The molecule has 1 aromatic rings. The van der Waals surface area contributed by atoms with E-state index < -0.39 is 5.97 Å². The third-order valence-electron chi connectivity index (χ3n) is 2.17. The molecule has 0 atom stereocenters. The average molecular weight is 253 g/mol. The number of para-hydroxylation sites is 1. The fraction of sp³-hybridized carbons (Fsp3) is 0.0714. The van der Waals surface area contributed by atoms with Crippen LogP contribution in [0.15, 0.2) is 42.1 Å². The monoisotopic (exact) mass is 253 g/mol. The number of carbonyl (C=O) groups excluding carboxylic acids is 1. The lowest BCUT2D eigenvalue weighted by Gasteiger charge is -2.04. The van der Waals surface area contributed by atoms with Crippen LogP contribution in [0.3, 0.4) is 0 Å². The highest BCUT2D eigenvalue weighted by atomic mass is 16.5. The van der Waals surface area contributed by atoms with Crippen LogP contribution in [0.2, 0.25) is 0 Å². The van der Waals surface area contributed by atoms with Crippen molar-refractivity contribution < 1.29 is 9.53 Å². The lowest BCUT2D eigenvalue weighted by molar-refractivity contribution is -0.134. The van der Waals surface area contributed by atoms with E-state index in [4.69, 9.17) is 10.5 Å². The minimum Gasteiger partial charge on any atom is -0.466 e. The Labute approximate surface area is 111 Å². The summed E-state index contributed by atoms with van der Waals surface area (Å²) >= 11 is 0. The Morgan fingerprint density at radius 3 is 2.63 bits per heavy atom. The van der Waals surface area contributed by atoms with Crippen molar-refractivity contribution in [3.8, 4) is 12.1 Å². The molecule has 0 aliphatic heterocycles. The number of hydrogen-bond acceptors (Lipinski definition) is 5. The molecule has 0 radical (unpaired) electrons. The van der Waals surface area contributed by atoms with Crippen molar-refractivity contribution in [2.45, 2.75) is 0 Å². The molecule has 0 aromatic heterocycles. The number of carbonyl (C=O) groups is 1. The Morgan fingerprint density at radius 1 is 1.32 bits per heavy atom. The van der Waals surface area contributed by atoms with Gasteiger partial charge in [-0.1, -0.05) is 18.2 Å². The summed E-state index contributed by atoms with van der Waals surface area (Å²) < 4.78 is 4.50. The lowest BCUT2D eigenvalue weighted by atomic mass is 10.1. The highest BCUT2D eigenvalue weighted by molar-refractivity contribution is 5.88. The van der Waals surface area contributed by atoms with Crippen molar-refractivity contribution in [1.29, 1.82) is 10.5 Å². The third-order valence-corrected chi connectivity index (χ3v) is 2.17. The van der Waals surface area contributed by atoms with Gasteiger partial charge in [-0.2, -0.15) is 10.5 Å². The summed E-state index contributed by atoms with van der Waals surface area (Å²) in [4.78, 5) is 11.0. The number of allylic oxidation sites excluding steroid dienone is 1. The molecule has 19 heavy (non-hydrogen) atoms. The molecule has 0 spiro atoms. The second-order valence-corrected chi connectivity index (χ2v) is 3.37. The van der Waals surface area contributed by atoms with Gasteiger partial charge in [-0.25, -0.2) is 4.79 Å². The number of nitriles is 2. The Kier molecular flexibility index (Phi) is 5.39. The van der Waals surface area contributed by atoms with E-state index in [2.05, 4.69) is 10.1 Å². The number of nitrogens with one attached hydrogen (secondary N) is 1. The number of benzene rings is 1. The van der Waals surface area contributed by atoms with E-state index in [1.165, 1.54) is 19.4 Å². The van der Waals surface area contributed by atoms with E-state index in [0.717, 1.165) is 5.56 Å². The molecule has 0 saturated heterocycles. The lowest BCUT2D eigenvalue weighted by Crippen LogP contribution is -1.95. The normalized spacial score (nSPS) is 9.21. The first-order valence-electron chi connectivity index (χ1n) is 5.33. The Balaban J connectivity index is 2.95. The SMILES string of the molecule is COC(=O)C=Cc1ccccc1NC=C(C#N)C#N. The van der Waals surface area contributed by atoms with Crippen molar-refractivity contribution in [2.75, 3.05) is 12.4 Å². The van der Waals surface area contributed by atoms with E-state index in [1.54, 1.807) is 42.5 Å². The highest BCUT2D eigenvalue weighted by Crippen LogP contribution is 2.17. The molecule has 0 unspecified atom stereocenters. The molecule has 0 amide bonds. The second kappa shape index (κ2) is 7.31. The van der Waals surface area contributed by atoms with Crippen LogP contribution >= 0.6 is 0 Å². The van der Waals surface area contributed by atoms with Gasteiger partial charge in [-0.15, -0.1) is 0 Å². The van der Waals surface area contributed by atoms with Crippen LogP contribution in [0.1, 0.15) is 5.56 Å². The van der Waals surface area contributed by atoms with Crippen LogP contribution in [-0.2, 0) is 9.53 Å². The van der Waals surface area contributed by atoms with Crippen molar-refractivity contribution >= 4 is 17.7 Å². The zero-order valence-corrected chi connectivity index (χ0v) is 10.3. The zero-order chi connectivity index (χ0) is 14.1. The smallest absolute Gasteiger partial charge is 0.330 e. The third kappa shape index (κ3) is 4.37. The van der Waals surface area contributed by atoms with Crippen LogP contribution in [0.5, 0.6) is 0 Å². The van der Waals surface area contributed by atoms with E-state index in [1.807, 2.05) is 0 Å². The number of nitrogens with zero attached hydrogens (tertiary/aromatic N) is 2. The molecule has 0 saturated carbocycles. The molecule has 1 rings (SSSR count). The van der Waals surface area contributed by atoms with Crippen LogP contribution in [0, 0.1) is 22.7 Å². The number of anilines is 1. The van der Waals surface area contributed by atoms with E-state index in [9.17, 15) is 4.79 Å². The molecular formula is C14H11N3O2. The molecule has 0 heterocycles. The predicted octanol–water partition coefficient (Wildman–Crippen LogP) is 2.22. The van der Waals surface area contributed by atoms with E-state index in [0.29, 0.717) is 5.69 Å². The van der Waals surface area contributed by atoms with Gasteiger partial charge in [-0.3, -0.25) is 0 Å². The first kappa shape index (κ1) is 14.0. The summed E-state index contributed by atoms with van der Waals surface area (Å²) in [5, 5.41) is 20.1. The minimum absolute atomic E-state index is 0.0354. The Bertz CT molecular complexity index is 588. The maximum Gasteiger partial charge on any atom is 0.330 e. The number of ether oxygens (including phenoxy) is 1. The molecule has 0 fully saturated rings. The van der Waals surface area contributed by atoms with Crippen molar-refractivity contribution in [3.63, 3.8) is 0 Å². The average Bonchev–Trinajstić information content (AvgIpc) is 2.46. The maximum atomic E-state index is 11.0. The maximum absolute atomic E-state index is 11.0. The molecule has 5 nitrogen and oxygen atoms in total. The van der Waals surface area contributed by atoms with Crippen LogP contribution in [-0.4, -0.2) is 13.1 Å². The number of methoxy groups -OCH3 is 1. The second-order valence-electron chi connectivity index (χ2n) is 3.37. The summed E-state index contributed by atoms with van der Waals surface area (Å²) in [5.74, 6) is -0.458. The molecule has 1 aromatic carbocycles. The van der Waals surface area contributed by atoms with Gasteiger partial charge in [0.05, 0.1) is 7.11 Å². The van der Waals surface area contributed by atoms with Crippen molar-refractivity contribution in [1.82, 2.24) is 0 Å². The molecular weight excluding hydrogens is 242 g/mol. The summed E-state index contributed by atoms with van der Waals surface area (Å²) in [7, 11) is 1.30. The van der Waals surface area contributed by atoms with Gasteiger partial charge in [0, 0.05) is 18.0 Å². The molecule has 0 bridgehead atoms. The van der Waals surface area contributed by atoms with Gasteiger partial charge in [0.15, 0.2) is 0 Å². The summed E-state index contributed by atoms with van der Waals surface area (Å²) in [6.45, 7) is 0. The predicted molar refractivity (Wildman–Crippen MR) is 70.4 cm³/mol. The van der Waals surface area contributed by atoms with Gasteiger partial charge in [0.25, 0.3) is 0 Å². The first-order chi connectivity index (χ1) is 9.21. The van der Waals surface area contributed by atoms with Gasteiger partial charge in [0.1, 0.15) is 17.7 Å². The fourth-order valence-corrected chi connectivity index (χ4v) is 1.24. The van der Waals surface area contributed by atoms with Gasteiger partial charge in [-0.05, 0) is 17.7 Å². The fourth-order valence-electron chi connectivity index (χ4n) is 1.24. The van der Waals surface area contributed by atoms with Gasteiger partial charge < -0.3 is 10.1 Å². The molecule has 0 aliphatic carbocycles. The largest absolute Gasteiger partial charge is 0.466 e. The van der Waals surface area contributed by atoms with E-state index >= 15 is 0 Å². The highest BCUT2D eigenvalue weighted by Gasteiger charge is 1.99. The standard InChI is InChI=1S/C14H11N3O2/c1-19-14(18)7-6-12-4-2-3-5-13(12)17-10-11(8-15)9-16/h2-7,10,17H,1H3. The quantitative estimate of drug-likeness (QED) is 0.505. The van der Waals surface area contributed by atoms with Crippen LogP contribution in [0.4, 0.5) is 5.69 Å². The Morgan fingerprint density at radius 2 is 2.00 bits per heavy atom. The number of esters is 1. The summed E-state index contributed by atoms with van der Waals surface area (Å²) in [6, 6.07) is 10.6. The molecule has 0 aliphatic rings. The summed E-state index contributed by atoms with van der Waals surface area (Å²) in [5.41, 5.74) is 1.37. The van der Waals surface area contributed by atoms with Crippen molar-refractivity contribution in [2.24, 2.45) is 0 Å². The van der Waals surface area contributed by atoms with Crippen LogP contribution in [0.25, 0.3) is 6.08 Å². The molecule has 1 N–H and O–H groups in total. The number of rotatable bonds is 4. The topological polar surface area (TPSA) is 85.9 Å². The Hall–Kier alpha value is -3.05. The van der Waals surface area contributed by atoms with E-state index in [-0.39, 0.29) is 5.57 Å². The molecule has 94 valence electrons. The first-order valence-corrected chi connectivity index (χ1v) is 5.33. The summed E-state index contributed by atoms with van der Waals surface area (Å²) in [6.07, 6.45) is 4.19. The van der Waals surface area contributed by atoms with Gasteiger partial charge >= 0.3 is 5.97 Å². The van der Waals surface area contributed by atoms with Crippen LogP contribution < -0.4 is 5.32 Å². The molecule has 5 heteroatoms. The number of hydrogen-bond donors (Lipinski definition) is 1. The zero-order valence-electron chi connectivity index (χ0n) is 10.3. The van der Waals surface area contributed by atoms with Gasteiger partial charge in [0.2, 0.25) is 0 Å². The van der Waals surface area contributed by atoms with Crippen molar-refractivity contribution in [3.05, 3.63) is 47.7 Å². The minimum atomic E-state index is -0.458.